The summed E-state index contributed by atoms with van der Waals surface area (Å²) in [5, 5.41) is 3.10. The highest BCUT2D eigenvalue weighted by molar-refractivity contribution is 5.98. The fourth-order valence-electron chi connectivity index (χ4n) is 1.71. The Bertz CT molecular complexity index is 659. The van der Waals surface area contributed by atoms with E-state index in [0.717, 1.165) is 0 Å². The first-order valence-electron chi connectivity index (χ1n) is 6.14. The summed E-state index contributed by atoms with van der Waals surface area (Å²) in [6, 6.07) is 5.09. The summed E-state index contributed by atoms with van der Waals surface area (Å²) in [7, 11) is 1.54. The van der Waals surface area contributed by atoms with E-state index < -0.39 is 5.97 Å². The lowest BCUT2D eigenvalue weighted by Crippen LogP contribution is -2.10. The van der Waals surface area contributed by atoms with Gasteiger partial charge in [0.25, 0.3) is 0 Å². The maximum Gasteiger partial charge on any atom is 0.311 e. The van der Waals surface area contributed by atoms with Crippen LogP contribution < -0.4 is 14.8 Å². The summed E-state index contributed by atoms with van der Waals surface area (Å²) in [5.41, 5.74) is 0.465. The molecule has 1 N–H and O–H groups in total. The minimum absolute atomic E-state index is 0.113. The number of ether oxygens (including phenoxy) is 2. The fraction of sp³-hybridized carbons (Fsp3) is 0.286. The number of furan rings is 1. The average molecular weight is 277 g/mol. The molecule has 0 atom stereocenters. The molecule has 1 amide bonds. The highest BCUT2D eigenvalue weighted by Gasteiger charge is 2.19. The minimum atomic E-state index is -0.407. The van der Waals surface area contributed by atoms with Gasteiger partial charge in [-0.25, -0.2) is 0 Å². The minimum Gasteiger partial charge on any atom is -0.497 e. The Labute approximate surface area is 115 Å². The van der Waals surface area contributed by atoms with E-state index in [1.54, 1.807) is 25.1 Å². The number of esters is 1. The number of nitrogens with one attached hydrogen (secondary N) is 1. The van der Waals surface area contributed by atoms with Crippen LogP contribution in [0.2, 0.25) is 0 Å². The molecule has 2 rings (SSSR count). The predicted molar refractivity (Wildman–Crippen MR) is 73.0 cm³/mol. The van der Waals surface area contributed by atoms with Crippen molar-refractivity contribution in [2.45, 2.75) is 20.3 Å². The number of anilines is 1. The van der Waals surface area contributed by atoms with Crippen molar-refractivity contribution >= 4 is 28.7 Å². The monoisotopic (exact) mass is 277 g/mol. The predicted octanol–water partition coefficient (Wildman–Crippen LogP) is 2.72. The van der Waals surface area contributed by atoms with Gasteiger partial charge < -0.3 is 13.9 Å². The third kappa shape index (κ3) is 2.74. The molecular weight excluding hydrogens is 262 g/mol. The van der Waals surface area contributed by atoms with E-state index >= 15 is 0 Å². The summed E-state index contributed by atoms with van der Waals surface area (Å²) in [6.45, 7) is 3.03. The molecule has 0 fully saturated rings. The molecular formula is C14H15NO5. The van der Waals surface area contributed by atoms with Crippen molar-refractivity contribution in [1.29, 1.82) is 0 Å². The van der Waals surface area contributed by atoms with Gasteiger partial charge in [-0.05, 0) is 12.1 Å². The van der Waals surface area contributed by atoms with Crippen molar-refractivity contribution in [1.82, 2.24) is 0 Å². The third-order valence-corrected chi connectivity index (χ3v) is 2.65. The molecule has 0 spiro atoms. The molecule has 0 bridgehead atoms. The van der Waals surface area contributed by atoms with Gasteiger partial charge >= 0.3 is 5.97 Å². The van der Waals surface area contributed by atoms with E-state index in [1.807, 2.05) is 0 Å². The molecule has 6 nitrogen and oxygen atoms in total. The van der Waals surface area contributed by atoms with E-state index in [4.69, 9.17) is 13.9 Å². The van der Waals surface area contributed by atoms with Crippen molar-refractivity contribution in [2.24, 2.45) is 0 Å². The number of amides is 1. The molecule has 0 aliphatic heterocycles. The second-order valence-corrected chi connectivity index (χ2v) is 4.13. The number of benzene rings is 1. The van der Waals surface area contributed by atoms with Crippen LogP contribution in [0.3, 0.4) is 0 Å². The van der Waals surface area contributed by atoms with Crippen molar-refractivity contribution in [3.05, 3.63) is 18.2 Å². The molecule has 20 heavy (non-hydrogen) atoms. The van der Waals surface area contributed by atoms with Gasteiger partial charge in [-0.3, -0.25) is 14.9 Å². The van der Waals surface area contributed by atoms with Crippen LogP contribution in [0.15, 0.2) is 22.6 Å². The fourth-order valence-corrected chi connectivity index (χ4v) is 1.71. The normalized spacial score (nSPS) is 10.3. The zero-order valence-electron chi connectivity index (χ0n) is 11.5. The summed E-state index contributed by atoms with van der Waals surface area (Å²) < 4.78 is 15.8. The van der Waals surface area contributed by atoms with Crippen LogP contribution >= 0.6 is 0 Å². The van der Waals surface area contributed by atoms with Crippen molar-refractivity contribution in [2.75, 3.05) is 12.4 Å². The summed E-state index contributed by atoms with van der Waals surface area (Å²) in [5.74, 6) is 0.209. The average Bonchev–Trinajstić information content (AvgIpc) is 2.74. The SMILES string of the molecule is CCC(=O)Oc1c(NC(C)=O)oc2cc(OC)ccc12. The van der Waals surface area contributed by atoms with Crippen LogP contribution in [0.25, 0.3) is 11.0 Å². The number of carbonyl (C=O) groups excluding carboxylic acids is 2. The molecule has 0 aliphatic carbocycles. The lowest BCUT2D eigenvalue weighted by atomic mass is 10.2. The van der Waals surface area contributed by atoms with E-state index in [-0.39, 0.29) is 24.0 Å². The number of hydrogen-bond acceptors (Lipinski definition) is 5. The molecule has 6 heteroatoms. The van der Waals surface area contributed by atoms with Gasteiger partial charge in [0, 0.05) is 19.4 Å². The molecule has 0 saturated carbocycles. The smallest absolute Gasteiger partial charge is 0.311 e. The molecule has 0 saturated heterocycles. The standard InChI is InChI=1S/C14H15NO5/c1-4-12(17)20-13-10-6-5-9(18-3)7-11(10)19-14(13)15-8(2)16/h5-7H,4H2,1-3H3,(H,15,16). The molecule has 0 aliphatic rings. The van der Waals surface area contributed by atoms with E-state index in [1.165, 1.54) is 14.0 Å². The van der Waals surface area contributed by atoms with Crippen LogP contribution in [-0.4, -0.2) is 19.0 Å². The molecule has 0 radical (unpaired) electrons. The molecule has 2 aromatic rings. The van der Waals surface area contributed by atoms with Gasteiger partial charge in [0.15, 0.2) is 0 Å². The first-order chi connectivity index (χ1) is 9.55. The van der Waals surface area contributed by atoms with Gasteiger partial charge in [-0.2, -0.15) is 0 Å². The van der Waals surface area contributed by atoms with Crippen molar-refractivity contribution in [3.8, 4) is 11.5 Å². The second-order valence-electron chi connectivity index (χ2n) is 4.13. The maximum atomic E-state index is 11.5. The van der Waals surface area contributed by atoms with Gasteiger partial charge in [0.2, 0.25) is 17.5 Å². The summed E-state index contributed by atoms with van der Waals surface area (Å²) in [4.78, 5) is 22.7. The Morgan fingerprint density at radius 3 is 2.70 bits per heavy atom. The number of carbonyl (C=O) groups is 2. The Hall–Kier alpha value is -2.50. The lowest BCUT2D eigenvalue weighted by Gasteiger charge is -2.03. The first-order valence-corrected chi connectivity index (χ1v) is 6.14. The van der Waals surface area contributed by atoms with Gasteiger partial charge in [0.1, 0.15) is 11.3 Å². The highest BCUT2D eigenvalue weighted by atomic mass is 16.5. The zero-order valence-corrected chi connectivity index (χ0v) is 11.5. The zero-order chi connectivity index (χ0) is 14.7. The molecule has 1 aromatic heterocycles. The molecule has 1 heterocycles. The molecule has 0 unspecified atom stereocenters. The Morgan fingerprint density at radius 2 is 2.10 bits per heavy atom. The van der Waals surface area contributed by atoms with Gasteiger partial charge in [0.05, 0.1) is 12.5 Å². The quantitative estimate of drug-likeness (QED) is 0.869. The number of fused-ring (bicyclic) bond motifs is 1. The van der Waals surface area contributed by atoms with Crippen LogP contribution in [0.1, 0.15) is 20.3 Å². The second kappa shape index (κ2) is 5.64. The third-order valence-electron chi connectivity index (χ3n) is 2.65. The van der Waals surface area contributed by atoms with Gasteiger partial charge in [-0.15, -0.1) is 0 Å². The number of methoxy groups -OCH3 is 1. The van der Waals surface area contributed by atoms with Crippen LogP contribution in [0.4, 0.5) is 5.88 Å². The van der Waals surface area contributed by atoms with E-state index in [0.29, 0.717) is 16.7 Å². The Kier molecular flexibility index (Phi) is 3.93. The van der Waals surface area contributed by atoms with Crippen LogP contribution in [0.5, 0.6) is 11.5 Å². The topological polar surface area (TPSA) is 77.8 Å². The maximum absolute atomic E-state index is 11.5. The van der Waals surface area contributed by atoms with Crippen LogP contribution in [-0.2, 0) is 9.59 Å². The Balaban J connectivity index is 2.53. The number of rotatable bonds is 4. The van der Waals surface area contributed by atoms with Gasteiger partial charge in [-0.1, -0.05) is 6.92 Å². The summed E-state index contributed by atoms with van der Waals surface area (Å²) in [6.07, 6.45) is 0.225. The van der Waals surface area contributed by atoms with Crippen LogP contribution in [0, 0.1) is 0 Å². The Morgan fingerprint density at radius 1 is 1.35 bits per heavy atom. The number of hydrogen-bond donors (Lipinski definition) is 1. The van der Waals surface area contributed by atoms with Crippen molar-refractivity contribution < 1.29 is 23.5 Å². The van der Waals surface area contributed by atoms with E-state index in [9.17, 15) is 9.59 Å². The largest absolute Gasteiger partial charge is 0.497 e. The highest BCUT2D eigenvalue weighted by Crippen LogP contribution is 2.39. The summed E-state index contributed by atoms with van der Waals surface area (Å²) >= 11 is 0. The molecule has 106 valence electrons. The lowest BCUT2D eigenvalue weighted by molar-refractivity contribution is -0.134. The molecule has 1 aromatic carbocycles. The first kappa shape index (κ1) is 13.9. The van der Waals surface area contributed by atoms with Crippen molar-refractivity contribution in [3.63, 3.8) is 0 Å². The van der Waals surface area contributed by atoms with E-state index in [2.05, 4.69) is 5.32 Å².